The summed E-state index contributed by atoms with van der Waals surface area (Å²) in [6.07, 6.45) is -0.551. The molecule has 1 heterocycles. The van der Waals surface area contributed by atoms with E-state index in [2.05, 4.69) is 9.97 Å². The van der Waals surface area contributed by atoms with Crippen molar-refractivity contribution >= 4 is 0 Å². The van der Waals surface area contributed by atoms with Gasteiger partial charge in [0.1, 0.15) is 0 Å². The van der Waals surface area contributed by atoms with Crippen LogP contribution in [0.15, 0.2) is 6.07 Å². The van der Waals surface area contributed by atoms with Gasteiger partial charge in [0.15, 0.2) is 11.5 Å². The fraction of sp³-hybridized carbons (Fsp3) is 0.692. The van der Waals surface area contributed by atoms with Crippen LogP contribution in [0.4, 0.5) is 13.2 Å². The Hall–Kier alpha value is -1.37. The maximum atomic E-state index is 12.9. The SMILES string of the molecule is CCOc1cc(C(F)(F)F)nc(C2(N)CCCCC2)n1. The lowest BCUT2D eigenvalue weighted by Crippen LogP contribution is -2.41. The van der Waals surface area contributed by atoms with Gasteiger partial charge < -0.3 is 10.5 Å². The summed E-state index contributed by atoms with van der Waals surface area (Å²) >= 11 is 0. The highest BCUT2D eigenvalue weighted by atomic mass is 19.4. The lowest BCUT2D eigenvalue weighted by molar-refractivity contribution is -0.141. The summed E-state index contributed by atoms with van der Waals surface area (Å²) in [5, 5.41) is 0. The van der Waals surface area contributed by atoms with Crippen LogP contribution in [0.3, 0.4) is 0 Å². The lowest BCUT2D eigenvalue weighted by atomic mass is 9.82. The molecular formula is C13H18F3N3O. The number of hydrogen-bond acceptors (Lipinski definition) is 4. The molecule has 0 spiro atoms. The number of alkyl halides is 3. The summed E-state index contributed by atoms with van der Waals surface area (Å²) in [6, 6.07) is 0.819. The molecule has 0 radical (unpaired) electrons. The average molecular weight is 289 g/mol. The molecule has 1 aromatic heterocycles. The zero-order valence-electron chi connectivity index (χ0n) is 11.3. The van der Waals surface area contributed by atoms with E-state index >= 15 is 0 Å². The second-order valence-electron chi connectivity index (χ2n) is 5.06. The molecule has 1 aromatic rings. The topological polar surface area (TPSA) is 61.0 Å². The number of aromatic nitrogens is 2. The number of rotatable bonds is 3. The number of nitrogens with two attached hydrogens (primary N) is 1. The van der Waals surface area contributed by atoms with Crippen LogP contribution >= 0.6 is 0 Å². The summed E-state index contributed by atoms with van der Waals surface area (Å²) in [4.78, 5) is 7.71. The Morgan fingerprint density at radius 3 is 2.45 bits per heavy atom. The van der Waals surface area contributed by atoms with E-state index in [4.69, 9.17) is 10.5 Å². The quantitative estimate of drug-likeness (QED) is 0.929. The van der Waals surface area contributed by atoms with Crippen LogP contribution in [-0.2, 0) is 11.7 Å². The molecule has 1 aliphatic rings. The molecule has 2 rings (SSSR count). The van der Waals surface area contributed by atoms with Crippen molar-refractivity contribution in [1.82, 2.24) is 9.97 Å². The Morgan fingerprint density at radius 2 is 1.90 bits per heavy atom. The molecule has 0 bridgehead atoms. The molecule has 0 amide bonds. The molecule has 1 aliphatic carbocycles. The number of ether oxygens (including phenoxy) is 1. The van der Waals surface area contributed by atoms with Crippen LogP contribution in [0.1, 0.15) is 50.5 Å². The van der Waals surface area contributed by atoms with Gasteiger partial charge in [0.2, 0.25) is 5.88 Å². The van der Waals surface area contributed by atoms with E-state index < -0.39 is 17.4 Å². The monoisotopic (exact) mass is 289 g/mol. The molecule has 0 atom stereocenters. The summed E-state index contributed by atoms with van der Waals surface area (Å²) in [7, 11) is 0. The summed E-state index contributed by atoms with van der Waals surface area (Å²) in [5.74, 6) is -0.0318. The Balaban J connectivity index is 2.43. The van der Waals surface area contributed by atoms with E-state index in [1.165, 1.54) is 0 Å². The van der Waals surface area contributed by atoms with Crippen LogP contribution < -0.4 is 10.5 Å². The summed E-state index contributed by atoms with van der Waals surface area (Å²) in [5.41, 5.74) is 4.33. The van der Waals surface area contributed by atoms with Gasteiger partial charge in [-0.1, -0.05) is 19.3 Å². The molecule has 2 N–H and O–H groups in total. The minimum absolute atomic E-state index is 0.0375. The molecular weight excluding hydrogens is 271 g/mol. The van der Waals surface area contributed by atoms with Crippen molar-refractivity contribution in [3.63, 3.8) is 0 Å². The average Bonchev–Trinajstić information content (AvgIpc) is 2.39. The zero-order chi connectivity index (χ0) is 14.8. The van der Waals surface area contributed by atoms with E-state index in [1.54, 1.807) is 6.92 Å². The predicted octanol–water partition coefficient (Wildman–Crippen LogP) is 3.01. The Morgan fingerprint density at radius 1 is 1.25 bits per heavy atom. The molecule has 0 saturated heterocycles. The minimum atomic E-state index is -4.53. The second kappa shape index (κ2) is 5.55. The van der Waals surface area contributed by atoms with Crippen LogP contribution in [0.25, 0.3) is 0 Å². The number of hydrogen-bond donors (Lipinski definition) is 1. The maximum absolute atomic E-state index is 12.9. The van der Waals surface area contributed by atoms with E-state index in [-0.39, 0.29) is 18.3 Å². The highest BCUT2D eigenvalue weighted by Crippen LogP contribution is 2.36. The molecule has 0 aliphatic heterocycles. The molecule has 20 heavy (non-hydrogen) atoms. The van der Waals surface area contributed by atoms with Crippen molar-refractivity contribution in [3.05, 3.63) is 17.6 Å². The number of nitrogens with zero attached hydrogens (tertiary/aromatic N) is 2. The third-order valence-electron chi connectivity index (χ3n) is 3.48. The molecule has 0 aromatic carbocycles. The van der Waals surface area contributed by atoms with Gasteiger partial charge in [0.25, 0.3) is 0 Å². The van der Waals surface area contributed by atoms with Gasteiger partial charge >= 0.3 is 6.18 Å². The van der Waals surface area contributed by atoms with Crippen molar-refractivity contribution in [2.45, 2.75) is 50.7 Å². The second-order valence-corrected chi connectivity index (χ2v) is 5.06. The van der Waals surface area contributed by atoms with E-state index in [0.29, 0.717) is 12.8 Å². The third-order valence-corrected chi connectivity index (χ3v) is 3.48. The Labute approximate surface area is 115 Å². The van der Waals surface area contributed by atoms with Crippen LogP contribution in [0.5, 0.6) is 5.88 Å². The van der Waals surface area contributed by atoms with Crippen molar-refractivity contribution in [1.29, 1.82) is 0 Å². The van der Waals surface area contributed by atoms with E-state index in [0.717, 1.165) is 25.3 Å². The van der Waals surface area contributed by atoms with Gasteiger partial charge in [-0.15, -0.1) is 0 Å². The molecule has 7 heteroatoms. The Bertz CT molecular complexity index is 470. The molecule has 1 fully saturated rings. The van der Waals surface area contributed by atoms with Crippen molar-refractivity contribution in [2.75, 3.05) is 6.61 Å². The largest absolute Gasteiger partial charge is 0.478 e. The smallest absolute Gasteiger partial charge is 0.433 e. The van der Waals surface area contributed by atoms with Gasteiger partial charge in [0, 0.05) is 6.07 Å². The van der Waals surface area contributed by atoms with Crippen LogP contribution in [0, 0.1) is 0 Å². The van der Waals surface area contributed by atoms with Crippen LogP contribution in [-0.4, -0.2) is 16.6 Å². The zero-order valence-corrected chi connectivity index (χ0v) is 11.3. The molecule has 112 valence electrons. The first-order valence-electron chi connectivity index (χ1n) is 6.73. The molecule has 1 saturated carbocycles. The van der Waals surface area contributed by atoms with E-state index in [9.17, 15) is 13.2 Å². The van der Waals surface area contributed by atoms with Crippen molar-refractivity contribution in [2.24, 2.45) is 5.73 Å². The van der Waals surface area contributed by atoms with Gasteiger partial charge in [-0.25, -0.2) is 4.98 Å². The van der Waals surface area contributed by atoms with Gasteiger partial charge in [-0.2, -0.15) is 18.2 Å². The highest BCUT2D eigenvalue weighted by molar-refractivity contribution is 5.22. The Kier molecular flexibility index (Phi) is 4.17. The summed E-state index contributed by atoms with van der Waals surface area (Å²) < 4.78 is 43.8. The van der Waals surface area contributed by atoms with Crippen LogP contribution in [0.2, 0.25) is 0 Å². The number of halogens is 3. The van der Waals surface area contributed by atoms with Crippen molar-refractivity contribution in [3.8, 4) is 5.88 Å². The first kappa shape index (κ1) is 15.0. The fourth-order valence-corrected chi connectivity index (χ4v) is 2.42. The standard InChI is InChI=1S/C13H18F3N3O/c1-2-20-10-8-9(13(14,15)16)18-11(19-10)12(17)6-4-3-5-7-12/h8H,2-7,17H2,1H3. The molecule has 4 nitrogen and oxygen atoms in total. The van der Waals surface area contributed by atoms with Gasteiger partial charge in [0.05, 0.1) is 12.1 Å². The van der Waals surface area contributed by atoms with Crippen molar-refractivity contribution < 1.29 is 17.9 Å². The maximum Gasteiger partial charge on any atom is 0.433 e. The first-order valence-corrected chi connectivity index (χ1v) is 6.73. The molecule has 0 unspecified atom stereocenters. The minimum Gasteiger partial charge on any atom is -0.478 e. The predicted molar refractivity (Wildman–Crippen MR) is 67.2 cm³/mol. The third kappa shape index (κ3) is 3.20. The normalized spacial score (nSPS) is 18.9. The first-order chi connectivity index (χ1) is 9.35. The highest BCUT2D eigenvalue weighted by Gasteiger charge is 2.38. The van der Waals surface area contributed by atoms with Gasteiger partial charge in [-0.3, -0.25) is 0 Å². The lowest BCUT2D eigenvalue weighted by Gasteiger charge is -2.32. The van der Waals surface area contributed by atoms with Gasteiger partial charge in [-0.05, 0) is 19.8 Å². The summed E-state index contributed by atoms with van der Waals surface area (Å²) in [6.45, 7) is 1.93. The van der Waals surface area contributed by atoms with E-state index in [1.807, 2.05) is 0 Å². The fourth-order valence-electron chi connectivity index (χ4n) is 2.42.